The summed E-state index contributed by atoms with van der Waals surface area (Å²) in [5, 5.41) is 3.60. The van der Waals surface area contributed by atoms with Crippen molar-refractivity contribution in [2.24, 2.45) is 0 Å². The van der Waals surface area contributed by atoms with Gasteiger partial charge in [0.25, 0.3) is 5.91 Å². The highest BCUT2D eigenvalue weighted by Gasteiger charge is 2.09. The zero-order valence-corrected chi connectivity index (χ0v) is 14.7. The molecule has 0 heterocycles. The Bertz CT molecular complexity index is 664. The summed E-state index contributed by atoms with van der Waals surface area (Å²) in [4.78, 5) is 14.7. The minimum Gasteiger partial charge on any atom is -0.322 e. The summed E-state index contributed by atoms with van der Waals surface area (Å²) in [5.74, 6) is -0.107. The largest absolute Gasteiger partial charge is 0.322 e. The van der Waals surface area contributed by atoms with E-state index in [0.717, 1.165) is 30.9 Å². The maximum Gasteiger partial charge on any atom is 0.255 e. The molecule has 0 unspecified atom stereocenters. The summed E-state index contributed by atoms with van der Waals surface area (Å²) in [5.41, 5.74) is 3.60. The molecule has 0 atom stereocenters. The van der Waals surface area contributed by atoms with Crippen molar-refractivity contribution in [2.45, 2.75) is 27.3 Å². The average Bonchev–Trinajstić information content (AvgIpc) is 2.55. The number of amides is 1. The zero-order valence-electron chi connectivity index (χ0n) is 13.9. The number of nitrogens with one attached hydrogen (secondary N) is 1. The molecule has 0 fully saturated rings. The number of rotatable bonds is 6. The minimum atomic E-state index is -0.107. The van der Waals surface area contributed by atoms with Crippen LogP contribution < -0.4 is 5.32 Å². The lowest BCUT2D eigenvalue weighted by molar-refractivity contribution is 0.102. The van der Waals surface area contributed by atoms with Gasteiger partial charge in [0.2, 0.25) is 0 Å². The summed E-state index contributed by atoms with van der Waals surface area (Å²) >= 11 is 5.94. The Morgan fingerprint density at radius 3 is 2.30 bits per heavy atom. The van der Waals surface area contributed by atoms with E-state index in [-0.39, 0.29) is 5.91 Å². The van der Waals surface area contributed by atoms with Gasteiger partial charge in [0, 0.05) is 22.8 Å². The second-order valence-electron chi connectivity index (χ2n) is 5.57. The van der Waals surface area contributed by atoms with Crippen LogP contribution in [-0.2, 0) is 6.54 Å². The quantitative estimate of drug-likeness (QED) is 0.829. The normalized spacial score (nSPS) is 10.8. The van der Waals surface area contributed by atoms with Crippen LogP contribution in [-0.4, -0.2) is 23.9 Å². The van der Waals surface area contributed by atoms with Crippen molar-refractivity contribution >= 4 is 23.2 Å². The van der Waals surface area contributed by atoms with E-state index < -0.39 is 0 Å². The van der Waals surface area contributed by atoms with Gasteiger partial charge in [0.1, 0.15) is 0 Å². The van der Waals surface area contributed by atoms with Crippen molar-refractivity contribution in [3.05, 3.63) is 64.2 Å². The van der Waals surface area contributed by atoms with Gasteiger partial charge < -0.3 is 5.32 Å². The highest BCUT2D eigenvalue weighted by molar-refractivity contribution is 6.30. The van der Waals surface area contributed by atoms with Crippen LogP contribution in [0.25, 0.3) is 0 Å². The topological polar surface area (TPSA) is 32.3 Å². The molecule has 0 aromatic heterocycles. The van der Waals surface area contributed by atoms with Crippen LogP contribution in [0.15, 0.2) is 42.5 Å². The van der Waals surface area contributed by atoms with Crippen molar-refractivity contribution in [1.82, 2.24) is 4.90 Å². The number of benzene rings is 2. The Hall–Kier alpha value is -1.84. The van der Waals surface area contributed by atoms with Gasteiger partial charge in [-0.3, -0.25) is 9.69 Å². The number of anilines is 1. The Morgan fingerprint density at radius 2 is 1.74 bits per heavy atom. The molecule has 0 saturated carbocycles. The first-order valence-electron chi connectivity index (χ1n) is 7.92. The van der Waals surface area contributed by atoms with Crippen LogP contribution >= 0.6 is 11.6 Å². The van der Waals surface area contributed by atoms with Crippen molar-refractivity contribution < 1.29 is 4.79 Å². The molecule has 0 aliphatic carbocycles. The number of carbonyl (C=O) groups excluding carboxylic acids is 1. The predicted molar refractivity (Wildman–Crippen MR) is 97.2 cm³/mol. The van der Waals surface area contributed by atoms with Crippen LogP contribution in [0.4, 0.5) is 5.69 Å². The Kier molecular flexibility index (Phi) is 6.20. The zero-order chi connectivity index (χ0) is 16.8. The van der Waals surface area contributed by atoms with E-state index in [1.54, 1.807) is 6.07 Å². The van der Waals surface area contributed by atoms with Gasteiger partial charge in [-0.1, -0.05) is 37.6 Å². The van der Waals surface area contributed by atoms with Gasteiger partial charge in [-0.25, -0.2) is 0 Å². The summed E-state index contributed by atoms with van der Waals surface area (Å²) in [7, 11) is 0. The van der Waals surface area contributed by atoms with Gasteiger partial charge in [-0.05, 0) is 61.5 Å². The summed E-state index contributed by atoms with van der Waals surface area (Å²) < 4.78 is 0. The van der Waals surface area contributed by atoms with Gasteiger partial charge in [0.05, 0.1) is 0 Å². The molecule has 122 valence electrons. The maximum atomic E-state index is 12.3. The third kappa shape index (κ3) is 4.81. The van der Waals surface area contributed by atoms with Crippen LogP contribution in [0.3, 0.4) is 0 Å². The van der Waals surface area contributed by atoms with Gasteiger partial charge in [-0.15, -0.1) is 0 Å². The molecule has 1 N–H and O–H groups in total. The van der Waals surface area contributed by atoms with Gasteiger partial charge in [0.15, 0.2) is 0 Å². The van der Waals surface area contributed by atoms with Crippen LogP contribution in [0, 0.1) is 6.92 Å². The number of nitrogens with zero attached hydrogens (tertiary/aromatic N) is 1. The molecule has 1 amide bonds. The highest BCUT2D eigenvalue weighted by atomic mass is 35.5. The molecule has 0 aliphatic rings. The molecule has 0 spiro atoms. The van der Waals surface area contributed by atoms with E-state index in [4.69, 9.17) is 11.6 Å². The van der Waals surface area contributed by atoms with E-state index in [1.165, 1.54) is 5.56 Å². The van der Waals surface area contributed by atoms with Gasteiger partial charge >= 0.3 is 0 Å². The van der Waals surface area contributed by atoms with Crippen molar-refractivity contribution in [3.8, 4) is 0 Å². The van der Waals surface area contributed by atoms with E-state index in [0.29, 0.717) is 10.6 Å². The number of carbonyl (C=O) groups is 1. The minimum absolute atomic E-state index is 0.107. The first kappa shape index (κ1) is 17.5. The second-order valence-corrected chi connectivity index (χ2v) is 6.01. The van der Waals surface area contributed by atoms with Crippen molar-refractivity contribution in [3.63, 3.8) is 0 Å². The summed E-state index contributed by atoms with van der Waals surface area (Å²) in [6.07, 6.45) is 0. The second kappa shape index (κ2) is 8.14. The third-order valence-corrected chi connectivity index (χ3v) is 4.19. The SMILES string of the molecule is CCN(CC)Cc1ccc(C(=O)Nc2ccc(Cl)cc2C)cc1. The molecule has 2 rings (SSSR count). The van der Waals surface area contributed by atoms with Crippen LogP contribution in [0.1, 0.15) is 35.3 Å². The van der Waals surface area contributed by atoms with Crippen LogP contribution in [0.5, 0.6) is 0 Å². The Morgan fingerprint density at radius 1 is 1.09 bits per heavy atom. The highest BCUT2D eigenvalue weighted by Crippen LogP contribution is 2.20. The lowest BCUT2D eigenvalue weighted by Gasteiger charge is -2.18. The molecule has 0 saturated heterocycles. The fraction of sp³-hybridized carbons (Fsp3) is 0.316. The first-order valence-corrected chi connectivity index (χ1v) is 8.30. The molecular formula is C19H23ClN2O. The predicted octanol–water partition coefficient (Wildman–Crippen LogP) is 4.74. The monoisotopic (exact) mass is 330 g/mol. The summed E-state index contributed by atoms with van der Waals surface area (Å²) in [6, 6.07) is 13.2. The molecule has 0 bridgehead atoms. The molecule has 3 nitrogen and oxygen atoms in total. The molecule has 0 aliphatic heterocycles. The van der Waals surface area contributed by atoms with E-state index in [9.17, 15) is 4.79 Å². The van der Waals surface area contributed by atoms with Crippen molar-refractivity contribution in [2.75, 3.05) is 18.4 Å². The first-order chi connectivity index (χ1) is 11.0. The molecule has 23 heavy (non-hydrogen) atoms. The van der Waals surface area contributed by atoms with Gasteiger partial charge in [-0.2, -0.15) is 0 Å². The number of halogens is 1. The molecule has 4 heteroatoms. The summed E-state index contributed by atoms with van der Waals surface area (Å²) in [6.45, 7) is 9.18. The fourth-order valence-corrected chi connectivity index (χ4v) is 2.66. The molecule has 2 aromatic rings. The van der Waals surface area contributed by atoms with E-state index >= 15 is 0 Å². The standard InChI is InChI=1S/C19H23ClN2O/c1-4-22(5-2)13-15-6-8-16(9-7-15)19(23)21-18-11-10-17(20)12-14(18)3/h6-12H,4-5,13H2,1-3H3,(H,21,23). The lowest BCUT2D eigenvalue weighted by atomic mass is 10.1. The van der Waals surface area contributed by atoms with Crippen molar-refractivity contribution in [1.29, 1.82) is 0 Å². The fourth-order valence-electron chi connectivity index (χ4n) is 2.43. The smallest absolute Gasteiger partial charge is 0.255 e. The number of hydrogen-bond donors (Lipinski definition) is 1. The molecular weight excluding hydrogens is 308 g/mol. The van der Waals surface area contributed by atoms with E-state index in [1.807, 2.05) is 43.3 Å². The van der Waals surface area contributed by atoms with Crippen LogP contribution in [0.2, 0.25) is 5.02 Å². The Labute approximate surface area is 143 Å². The number of hydrogen-bond acceptors (Lipinski definition) is 2. The maximum absolute atomic E-state index is 12.3. The molecule has 2 aromatic carbocycles. The number of aryl methyl sites for hydroxylation is 1. The average molecular weight is 331 g/mol. The van der Waals surface area contributed by atoms with E-state index in [2.05, 4.69) is 24.1 Å². The third-order valence-electron chi connectivity index (χ3n) is 3.95. The lowest BCUT2D eigenvalue weighted by Crippen LogP contribution is -2.22. The Balaban J connectivity index is 2.05. The molecule has 0 radical (unpaired) electrons.